The van der Waals surface area contributed by atoms with Crippen molar-refractivity contribution < 1.29 is 40.9 Å². The summed E-state index contributed by atoms with van der Waals surface area (Å²) in [5.74, 6) is 0.0820. The number of ether oxygens (including phenoxy) is 2. The summed E-state index contributed by atoms with van der Waals surface area (Å²) in [7, 11) is 0. The monoisotopic (exact) mass is 474 g/mol. The van der Waals surface area contributed by atoms with Gasteiger partial charge in [-0.15, -0.1) is 0 Å². The first-order valence-corrected chi connectivity index (χ1v) is 9.44. The summed E-state index contributed by atoms with van der Waals surface area (Å²) in [6.07, 6.45) is -10.6. The predicted octanol–water partition coefficient (Wildman–Crippen LogP) is 5.70. The molecule has 0 bridgehead atoms. The zero-order chi connectivity index (χ0) is 25.4. The average Bonchev–Trinajstić information content (AvgIpc) is 2.73. The van der Waals surface area contributed by atoms with Crippen LogP contribution in [0.4, 0.5) is 26.3 Å². The SMILES string of the molecule is CCOc1ccc(C#N)c(C(F)(F)F)c1.C[C@H](O)[C@H](C)Oc1ccc(C#N)c(C(F)(F)F)c1. The summed E-state index contributed by atoms with van der Waals surface area (Å²) in [6, 6.07) is 9.34. The molecule has 5 nitrogen and oxygen atoms in total. The third-order valence-corrected chi connectivity index (χ3v) is 4.15. The number of rotatable bonds is 5. The molecule has 0 aliphatic rings. The van der Waals surface area contributed by atoms with Gasteiger partial charge in [0, 0.05) is 0 Å². The predicted molar refractivity (Wildman–Crippen MR) is 105 cm³/mol. The van der Waals surface area contributed by atoms with Crippen molar-refractivity contribution in [1.82, 2.24) is 0 Å². The fourth-order valence-electron chi connectivity index (χ4n) is 2.35. The fourth-order valence-corrected chi connectivity index (χ4v) is 2.35. The van der Waals surface area contributed by atoms with Crippen LogP contribution in [0.2, 0.25) is 0 Å². The van der Waals surface area contributed by atoms with Crippen LogP contribution in [0.3, 0.4) is 0 Å². The molecule has 1 N–H and O–H groups in total. The van der Waals surface area contributed by atoms with E-state index < -0.39 is 46.8 Å². The van der Waals surface area contributed by atoms with E-state index in [-0.39, 0.29) is 18.1 Å². The van der Waals surface area contributed by atoms with Crippen molar-refractivity contribution in [1.29, 1.82) is 10.5 Å². The zero-order valence-corrected chi connectivity index (χ0v) is 17.8. The van der Waals surface area contributed by atoms with Gasteiger partial charge in [0.15, 0.2) is 0 Å². The summed E-state index contributed by atoms with van der Waals surface area (Å²) in [5, 5.41) is 26.3. The highest BCUT2D eigenvalue weighted by molar-refractivity contribution is 5.45. The molecular formula is C22H20F6N2O3. The first-order chi connectivity index (χ1) is 15.2. The van der Waals surface area contributed by atoms with Crippen molar-refractivity contribution in [2.45, 2.75) is 45.3 Å². The largest absolute Gasteiger partial charge is 0.494 e. The van der Waals surface area contributed by atoms with Crippen LogP contribution in [-0.2, 0) is 12.4 Å². The van der Waals surface area contributed by atoms with Crippen molar-refractivity contribution >= 4 is 0 Å². The second-order valence-corrected chi connectivity index (χ2v) is 6.63. The Bertz CT molecular complexity index is 1020. The van der Waals surface area contributed by atoms with Crippen molar-refractivity contribution in [3.8, 4) is 23.6 Å². The molecule has 0 aromatic heterocycles. The van der Waals surface area contributed by atoms with Crippen LogP contribution in [0.5, 0.6) is 11.5 Å². The Kier molecular flexibility index (Phi) is 9.56. The summed E-state index contributed by atoms with van der Waals surface area (Å²) in [5.41, 5.74) is -2.86. The molecule has 2 aromatic rings. The van der Waals surface area contributed by atoms with Gasteiger partial charge in [0.05, 0.1) is 47.1 Å². The molecule has 0 spiro atoms. The molecule has 0 unspecified atom stereocenters. The van der Waals surface area contributed by atoms with Gasteiger partial charge in [-0.3, -0.25) is 0 Å². The van der Waals surface area contributed by atoms with E-state index in [0.29, 0.717) is 0 Å². The van der Waals surface area contributed by atoms with E-state index in [1.807, 2.05) is 0 Å². The number of benzene rings is 2. The van der Waals surface area contributed by atoms with Crippen LogP contribution in [0, 0.1) is 22.7 Å². The summed E-state index contributed by atoms with van der Waals surface area (Å²) >= 11 is 0. The van der Waals surface area contributed by atoms with E-state index in [2.05, 4.69) is 0 Å². The van der Waals surface area contributed by atoms with Crippen molar-refractivity contribution in [3.63, 3.8) is 0 Å². The minimum atomic E-state index is -4.61. The lowest BCUT2D eigenvalue weighted by Gasteiger charge is -2.18. The van der Waals surface area contributed by atoms with E-state index in [9.17, 15) is 31.4 Å². The van der Waals surface area contributed by atoms with Crippen LogP contribution in [0.1, 0.15) is 43.0 Å². The number of halogens is 6. The van der Waals surface area contributed by atoms with Crippen LogP contribution >= 0.6 is 0 Å². The topological polar surface area (TPSA) is 86.3 Å². The quantitative estimate of drug-likeness (QED) is 0.562. The summed E-state index contributed by atoms with van der Waals surface area (Å²) in [6.45, 7) is 4.96. The fraction of sp³-hybridized carbons (Fsp3) is 0.364. The molecule has 0 saturated heterocycles. The number of nitrogens with zero attached hydrogens (tertiary/aromatic N) is 2. The minimum absolute atomic E-state index is 0.0327. The molecule has 0 aliphatic heterocycles. The van der Waals surface area contributed by atoms with Crippen LogP contribution in [0.15, 0.2) is 36.4 Å². The van der Waals surface area contributed by atoms with E-state index in [1.165, 1.54) is 38.1 Å². The normalized spacial score (nSPS) is 13.0. The highest BCUT2D eigenvalue weighted by atomic mass is 19.4. The number of hydrogen-bond acceptors (Lipinski definition) is 5. The number of aliphatic hydroxyl groups is 1. The molecule has 0 heterocycles. The van der Waals surface area contributed by atoms with Gasteiger partial charge in [0.1, 0.15) is 17.6 Å². The zero-order valence-electron chi connectivity index (χ0n) is 17.8. The smallest absolute Gasteiger partial charge is 0.417 e. The van der Waals surface area contributed by atoms with Crippen molar-refractivity contribution in [3.05, 3.63) is 58.7 Å². The van der Waals surface area contributed by atoms with Gasteiger partial charge in [-0.1, -0.05) is 0 Å². The Hall–Kier alpha value is -3.44. The van der Waals surface area contributed by atoms with Crippen LogP contribution < -0.4 is 9.47 Å². The second kappa shape index (κ2) is 11.4. The standard InChI is InChI=1S/C12H12F3NO2.C10H8F3NO/c1-7(17)8(2)18-10-4-3-9(6-16)11(5-10)12(13,14)15;1-2-15-8-4-3-7(6-14)9(5-8)10(11,12)13/h3-5,7-8,17H,1-2H3;3-5H,2H2,1H3/t7-,8-;/m0./s1. The Balaban J connectivity index is 0.000000335. The Morgan fingerprint density at radius 1 is 0.848 bits per heavy atom. The molecular weight excluding hydrogens is 454 g/mol. The molecule has 11 heteroatoms. The van der Waals surface area contributed by atoms with Gasteiger partial charge in [-0.05, 0) is 57.2 Å². The lowest BCUT2D eigenvalue weighted by Crippen LogP contribution is -2.25. The Morgan fingerprint density at radius 2 is 1.27 bits per heavy atom. The number of hydrogen-bond donors (Lipinski definition) is 1. The van der Waals surface area contributed by atoms with E-state index in [0.717, 1.165) is 24.3 Å². The lowest BCUT2D eigenvalue weighted by molar-refractivity contribution is -0.138. The first kappa shape index (κ1) is 27.6. The molecule has 0 amide bonds. The molecule has 0 radical (unpaired) electrons. The van der Waals surface area contributed by atoms with Crippen LogP contribution in [-0.4, -0.2) is 23.9 Å². The second-order valence-electron chi connectivity index (χ2n) is 6.63. The van der Waals surface area contributed by atoms with Crippen molar-refractivity contribution in [2.24, 2.45) is 0 Å². The van der Waals surface area contributed by atoms with Gasteiger partial charge in [-0.25, -0.2) is 0 Å². The first-order valence-electron chi connectivity index (χ1n) is 9.44. The summed E-state index contributed by atoms with van der Waals surface area (Å²) < 4.78 is 85.4. The van der Waals surface area contributed by atoms with E-state index >= 15 is 0 Å². The molecule has 2 aromatic carbocycles. The number of alkyl halides is 6. The number of nitriles is 2. The van der Waals surface area contributed by atoms with Gasteiger partial charge < -0.3 is 14.6 Å². The number of aliphatic hydroxyl groups excluding tert-OH is 1. The maximum absolute atomic E-state index is 12.7. The molecule has 2 atom stereocenters. The van der Waals surface area contributed by atoms with Gasteiger partial charge in [0.2, 0.25) is 0 Å². The Morgan fingerprint density at radius 3 is 1.64 bits per heavy atom. The summed E-state index contributed by atoms with van der Waals surface area (Å²) in [4.78, 5) is 0. The third-order valence-electron chi connectivity index (χ3n) is 4.15. The third kappa shape index (κ3) is 8.20. The van der Waals surface area contributed by atoms with Crippen LogP contribution in [0.25, 0.3) is 0 Å². The van der Waals surface area contributed by atoms with Gasteiger partial charge in [0.25, 0.3) is 0 Å². The average molecular weight is 474 g/mol. The Labute approximate surface area is 186 Å². The highest BCUT2D eigenvalue weighted by Gasteiger charge is 2.35. The highest BCUT2D eigenvalue weighted by Crippen LogP contribution is 2.35. The minimum Gasteiger partial charge on any atom is -0.494 e. The molecule has 178 valence electrons. The molecule has 0 fully saturated rings. The van der Waals surface area contributed by atoms with Crippen molar-refractivity contribution in [2.75, 3.05) is 6.61 Å². The maximum atomic E-state index is 12.7. The maximum Gasteiger partial charge on any atom is 0.417 e. The molecule has 33 heavy (non-hydrogen) atoms. The lowest BCUT2D eigenvalue weighted by atomic mass is 10.1. The van der Waals surface area contributed by atoms with E-state index in [1.54, 1.807) is 6.92 Å². The van der Waals surface area contributed by atoms with Gasteiger partial charge >= 0.3 is 12.4 Å². The molecule has 2 rings (SSSR count). The van der Waals surface area contributed by atoms with E-state index in [4.69, 9.17) is 20.0 Å². The van der Waals surface area contributed by atoms with Gasteiger partial charge in [-0.2, -0.15) is 36.9 Å². The molecule has 0 aliphatic carbocycles. The molecule has 0 saturated carbocycles.